The number of carboxylic acid groups (broad SMARTS) is 1. The van der Waals surface area contributed by atoms with Gasteiger partial charge in [-0.3, -0.25) is 4.90 Å². The van der Waals surface area contributed by atoms with Gasteiger partial charge in [0, 0.05) is 6.04 Å². The van der Waals surface area contributed by atoms with E-state index in [9.17, 15) is 9.90 Å². The van der Waals surface area contributed by atoms with E-state index in [0.717, 1.165) is 24.9 Å². The van der Waals surface area contributed by atoms with E-state index in [2.05, 4.69) is 4.90 Å². The van der Waals surface area contributed by atoms with Crippen LogP contribution in [0.5, 0.6) is 11.5 Å². The molecule has 1 aromatic heterocycles. The van der Waals surface area contributed by atoms with Gasteiger partial charge >= 0.3 is 5.97 Å². The number of methoxy groups -OCH3 is 2. The summed E-state index contributed by atoms with van der Waals surface area (Å²) in [5, 5.41) is 9.23. The Balaban J connectivity index is 1.83. The zero-order valence-corrected chi connectivity index (χ0v) is 13.8. The predicted molar refractivity (Wildman–Crippen MR) is 87.6 cm³/mol. The lowest BCUT2D eigenvalue weighted by Gasteiger charge is -2.24. The fourth-order valence-corrected chi connectivity index (χ4v) is 3.29. The molecule has 1 aliphatic heterocycles. The Morgan fingerprint density at radius 2 is 2.08 bits per heavy atom. The maximum Gasteiger partial charge on any atom is 0.339 e. The van der Waals surface area contributed by atoms with Crippen LogP contribution in [0, 0.1) is 0 Å². The van der Waals surface area contributed by atoms with Gasteiger partial charge in [0.2, 0.25) is 0 Å². The van der Waals surface area contributed by atoms with Gasteiger partial charge in [0.05, 0.1) is 27.0 Å². The average molecular weight is 331 g/mol. The lowest BCUT2D eigenvalue weighted by molar-refractivity contribution is 0.0692. The van der Waals surface area contributed by atoms with E-state index >= 15 is 0 Å². The third kappa shape index (κ3) is 3.10. The summed E-state index contributed by atoms with van der Waals surface area (Å²) in [6.45, 7) is 1.38. The molecule has 1 aromatic carbocycles. The van der Waals surface area contributed by atoms with E-state index < -0.39 is 5.97 Å². The summed E-state index contributed by atoms with van der Waals surface area (Å²) >= 11 is 0. The molecule has 24 heavy (non-hydrogen) atoms. The van der Waals surface area contributed by atoms with Gasteiger partial charge < -0.3 is 19.0 Å². The summed E-state index contributed by atoms with van der Waals surface area (Å²) in [7, 11) is 3.24. The van der Waals surface area contributed by atoms with Gasteiger partial charge in [-0.05, 0) is 43.1 Å². The van der Waals surface area contributed by atoms with Crippen molar-refractivity contribution in [1.29, 1.82) is 0 Å². The number of hydrogen-bond donors (Lipinski definition) is 1. The highest BCUT2D eigenvalue weighted by Gasteiger charge is 2.29. The molecule has 128 valence electrons. The van der Waals surface area contributed by atoms with Crippen LogP contribution in [0.3, 0.4) is 0 Å². The van der Waals surface area contributed by atoms with Crippen LogP contribution in [-0.4, -0.2) is 36.7 Å². The van der Waals surface area contributed by atoms with Gasteiger partial charge in [0.15, 0.2) is 11.5 Å². The fourth-order valence-electron chi connectivity index (χ4n) is 3.29. The van der Waals surface area contributed by atoms with Crippen molar-refractivity contribution in [2.75, 3.05) is 20.8 Å². The predicted octanol–water partition coefficient (Wildman–Crippen LogP) is 3.33. The molecule has 1 atom stereocenters. The van der Waals surface area contributed by atoms with Gasteiger partial charge in [-0.1, -0.05) is 6.07 Å². The minimum Gasteiger partial charge on any atom is -0.493 e. The quantitative estimate of drug-likeness (QED) is 0.875. The lowest BCUT2D eigenvalue weighted by Crippen LogP contribution is -2.23. The van der Waals surface area contributed by atoms with Crippen molar-refractivity contribution in [2.24, 2.45) is 0 Å². The van der Waals surface area contributed by atoms with Crippen molar-refractivity contribution in [3.8, 4) is 11.5 Å². The molecule has 3 rings (SSSR count). The third-order valence-electron chi connectivity index (χ3n) is 4.48. The first-order valence-corrected chi connectivity index (χ1v) is 7.89. The zero-order valence-electron chi connectivity index (χ0n) is 13.8. The van der Waals surface area contributed by atoms with Crippen LogP contribution in [0.15, 0.2) is 34.9 Å². The largest absolute Gasteiger partial charge is 0.493 e. The Hall–Kier alpha value is -2.47. The van der Waals surface area contributed by atoms with Crippen LogP contribution >= 0.6 is 0 Å². The molecule has 6 nitrogen and oxygen atoms in total. The Kier molecular flexibility index (Phi) is 4.76. The molecule has 1 unspecified atom stereocenters. The number of carbonyl (C=O) groups is 1. The first kappa shape index (κ1) is 16.4. The molecule has 0 radical (unpaired) electrons. The number of aromatic carboxylic acids is 1. The summed E-state index contributed by atoms with van der Waals surface area (Å²) in [5.74, 6) is 0.937. The van der Waals surface area contributed by atoms with Crippen molar-refractivity contribution < 1.29 is 23.8 Å². The Bertz CT molecular complexity index is 724. The highest BCUT2D eigenvalue weighted by molar-refractivity contribution is 5.88. The molecule has 1 aliphatic rings. The van der Waals surface area contributed by atoms with Gasteiger partial charge in [-0.2, -0.15) is 0 Å². The van der Waals surface area contributed by atoms with Crippen molar-refractivity contribution in [3.05, 3.63) is 47.4 Å². The number of rotatable bonds is 6. The van der Waals surface area contributed by atoms with Gasteiger partial charge in [0.25, 0.3) is 0 Å². The molecule has 0 spiro atoms. The number of carboxylic acids is 1. The number of likely N-dealkylation sites (tertiary alicyclic amines) is 1. The first-order valence-electron chi connectivity index (χ1n) is 7.89. The minimum atomic E-state index is -0.958. The van der Waals surface area contributed by atoms with Crippen LogP contribution in [0.2, 0.25) is 0 Å². The Morgan fingerprint density at radius 1 is 1.29 bits per heavy atom. The standard InChI is InChI=1S/C18H21NO5/c1-22-15-6-5-12(10-16(15)23-2)14-4-3-8-19(14)11-17-13(18(20)21)7-9-24-17/h5-7,9-10,14H,3-4,8,11H2,1-2H3,(H,20,21). The van der Waals surface area contributed by atoms with E-state index in [1.165, 1.54) is 12.3 Å². The SMILES string of the molecule is COc1ccc(C2CCCN2Cc2occc2C(=O)O)cc1OC. The maximum absolute atomic E-state index is 11.3. The smallest absolute Gasteiger partial charge is 0.339 e. The fraction of sp³-hybridized carbons (Fsp3) is 0.389. The molecule has 2 heterocycles. The summed E-state index contributed by atoms with van der Waals surface area (Å²) in [6.07, 6.45) is 3.50. The summed E-state index contributed by atoms with van der Waals surface area (Å²) in [6, 6.07) is 7.63. The molecular weight excluding hydrogens is 310 g/mol. The number of benzene rings is 1. The topological polar surface area (TPSA) is 72.1 Å². The van der Waals surface area contributed by atoms with Gasteiger partial charge in [-0.15, -0.1) is 0 Å². The molecule has 1 saturated heterocycles. The number of ether oxygens (including phenoxy) is 2. The molecule has 0 amide bonds. The lowest BCUT2D eigenvalue weighted by atomic mass is 10.0. The van der Waals surface area contributed by atoms with Crippen LogP contribution in [0.25, 0.3) is 0 Å². The third-order valence-corrected chi connectivity index (χ3v) is 4.48. The molecule has 0 aliphatic carbocycles. The van der Waals surface area contributed by atoms with Crippen molar-refractivity contribution >= 4 is 5.97 Å². The summed E-state index contributed by atoms with van der Waals surface area (Å²) in [4.78, 5) is 13.5. The Labute approximate surface area is 140 Å². The van der Waals surface area contributed by atoms with Crippen LogP contribution in [0.4, 0.5) is 0 Å². The van der Waals surface area contributed by atoms with Crippen LogP contribution in [-0.2, 0) is 6.54 Å². The van der Waals surface area contributed by atoms with Crippen molar-refractivity contribution in [2.45, 2.75) is 25.4 Å². The number of furan rings is 1. The maximum atomic E-state index is 11.3. The molecule has 2 aromatic rings. The number of hydrogen-bond acceptors (Lipinski definition) is 5. The molecule has 1 fully saturated rings. The first-order chi connectivity index (χ1) is 11.6. The number of nitrogens with zero attached hydrogens (tertiary/aromatic N) is 1. The molecule has 0 bridgehead atoms. The van der Waals surface area contributed by atoms with Crippen LogP contribution < -0.4 is 9.47 Å². The van der Waals surface area contributed by atoms with E-state index in [4.69, 9.17) is 13.9 Å². The van der Waals surface area contributed by atoms with Crippen molar-refractivity contribution in [1.82, 2.24) is 4.90 Å². The molecule has 0 saturated carbocycles. The molecule has 6 heteroatoms. The second kappa shape index (κ2) is 6.97. The summed E-state index contributed by atoms with van der Waals surface area (Å²) in [5.41, 5.74) is 1.36. The minimum absolute atomic E-state index is 0.205. The van der Waals surface area contributed by atoms with Gasteiger partial charge in [0.1, 0.15) is 11.3 Å². The highest BCUT2D eigenvalue weighted by Crippen LogP contribution is 2.37. The highest BCUT2D eigenvalue weighted by atomic mass is 16.5. The summed E-state index contributed by atoms with van der Waals surface area (Å²) < 4.78 is 16.1. The second-order valence-electron chi connectivity index (χ2n) is 5.81. The molecule has 1 N–H and O–H groups in total. The zero-order chi connectivity index (χ0) is 17.1. The normalized spacial score (nSPS) is 17.8. The van der Waals surface area contributed by atoms with E-state index in [1.54, 1.807) is 14.2 Å². The molecular formula is C18H21NO5. The second-order valence-corrected chi connectivity index (χ2v) is 5.81. The van der Waals surface area contributed by atoms with Crippen LogP contribution in [0.1, 0.15) is 40.6 Å². The monoisotopic (exact) mass is 331 g/mol. The van der Waals surface area contributed by atoms with Gasteiger partial charge in [-0.25, -0.2) is 4.79 Å². The van der Waals surface area contributed by atoms with E-state index in [1.807, 2.05) is 18.2 Å². The Morgan fingerprint density at radius 3 is 2.79 bits per heavy atom. The van der Waals surface area contributed by atoms with E-state index in [-0.39, 0.29) is 11.6 Å². The van der Waals surface area contributed by atoms with E-state index in [0.29, 0.717) is 23.8 Å². The average Bonchev–Trinajstić information content (AvgIpc) is 3.24. The van der Waals surface area contributed by atoms with Crippen molar-refractivity contribution in [3.63, 3.8) is 0 Å².